The molecule has 1 unspecified atom stereocenters. The number of anilines is 1. The molecule has 1 aliphatic rings. The topological polar surface area (TPSA) is 143 Å². The number of furan rings is 1. The van der Waals surface area contributed by atoms with Gasteiger partial charge in [0.25, 0.3) is 11.8 Å². The minimum Gasteiger partial charge on any atom is -0.481 e. The van der Waals surface area contributed by atoms with Crippen LogP contribution in [0, 0.1) is 0 Å². The summed E-state index contributed by atoms with van der Waals surface area (Å²) in [5.74, 6) is -2.82. The Kier molecular flexibility index (Phi) is 4.93. The van der Waals surface area contributed by atoms with Gasteiger partial charge in [-0.25, -0.2) is 0 Å². The number of rotatable bonds is 8. The molecule has 1 aliphatic heterocycles. The summed E-state index contributed by atoms with van der Waals surface area (Å²) in [6.07, 6.45) is 0.874. The second-order valence-electron chi connectivity index (χ2n) is 5.99. The van der Waals surface area contributed by atoms with Crippen molar-refractivity contribution in [1.82, 2.24) is 4.90 Å². The van der Waals surface area contributed by atoms with Crippen LogP contribution in [-0.4, -0.2) is 39.7 Å². The lowest BCUT2D eigenvalue weighted by Gasteiger charge is -2.22. The number of nitrogens with one attached hydrogen (secondary N) is 1. The number of hydrogen-bond donors (Lipinski definition) is 3. The van der Waals surface area contributed by atoms with Crippen LogP contribution in [0.25, 0.3) is 0 Å². The van der Waals surface area contributed by atoms with Crippen LogP contribution in [0.2, 0.25) is 0 Å². The van der Waals surface area contributed by atoms with Crippen LogP contribution in [0.1, 0.15) is 39.3 Å². The van der Waals surface area contributed by atoms with Gasteiger partial charge in [0.15, 0.2) is 0 Å². The standard InChI is InChI=1S/C18H17N3O6/c19-16(24)13(6-7-14(22)23)21-17(25)11-4-1-5-12(15(11)18(21)26)20-9-10-3-2-8-27-10/h1-5,8,13,20H,6-7,9H2,(H2,19,24)(H,22,23). The van der Waals surface area contributed by atoms with Crippen molar-refractivity contribution >= 4 is 29.4 Å². The molecule has 3 rings (SSSR count). The number of fused-ring (bicyclic) bond motifs is 1. The van der Waals surface area contributed by atoms with Gasteiger partial charge in [0.05, 0.1) is 23.9 Å². The third kappa shape index (κ3) is 3.52. The molecule has 4 N–H and O–H groups in total. The summed E-state index contributed by atoms with van der Waals surface area (Å²) in [5, 5.41) is 11.9. The largest absolute Gasteiger partial charge is 0.481 e. The number of carbonyl (C=O) groups excluding carboxylic acids is 3. The molecule has 0 spiro atoms. The number of carboxylic acids is 1. The summed E-state index contributed by atoms with van der Waals surface area (Å²) in [5.41, 5.74) is 5.98. The minimum atomic E-state index is -1.33. The minimum absolute atomic E-state index is 0.121. The first kappa shape index (κ1) is 18.2. The zero-order chi connectivity index (χ0) is 19.6. The molecule has 0 saturated carbocycles. The number of aliphatic carboxylic acids is 1. The number of amides is 3. The van der Waals surface area contributed by atoms with Crippen LogP contribution < -0.4 is 11.1 Å². The van der Waals surface area contributed by atoms with E-state index >= 15 is 0 Å². The van der Waals surface area contributed by atoms with E-state index < -0.39 is 36.2 Å². The lowest BCUT2D eigenvalue weighted by atomic mass is 10.1. The van der Waals surface area contributed by atoms with Crippen molar-refractivity contribution < 1.29 is 28.7 Å². The number of carbonyl (C=O) groups is 4. The van der Waals surface area contributed by atoms with Crippen LogP contribution in [-0.2, 0) is 16.1 Å². The van der Waals surface area contributed by atoms with Gasteiger partial charge in [0.2, 0.25) is 5.91 Å². The Balaban J connectivity index is 1.88. The van der Waals surface area contributed by atoms with Gasteiger partial charge in [-0.05, 0) is 30.7 Å². The molecule has 0 aliphatic carbocycles. The molecule has 27 heavy (non-hydrogen) atoms. The Morgan fingerprint density at radius 3 is 2.59 bits per heavy atom. The SMILES string of the molecule is NC(=O)C(CCC(=O)O)N1C(=O)c2cccc(NCc3ccco3)c2C1=O. The van der Waals surface area contributed by atoms with Crippen molar-refractivity contribution in [3.63, 3.8) is 0 Å². The quantitative estimate of drug-likeness (QED) is 0.592. The van der Waals surface area contributed by atoms with E-state index in [1.807, 2.05) is 0 Å². The first-order valence-corrected chi connectivity index (χ1v) is 8.18. The average Bonchev–Trinajstić information content (AvgIpc) is 3.22. The van der Waals surface area contributed by atoms with E-state index in [4.69, 9.17) is 15.3 Å². The highest BCUT2D eigenvalue weighted by molar-refractivity contribution is 6.25. The van der Waals surface area contributed by atoms with Gasteiger partial charge in [0.1, 0.15) is 11.8 Å². The highest BCUT2D eigenvalue weighted by Crippen LogP contribution is 2.32. The number of hydrogen-bond acceptors (Lipinski definition) is 6. The van der Waals surface area contributed by atoms with Crippen molar-refractivity contribution in [3.8, 4) is 0 Å². The summed E-state index contributed by atoms with van der Waals surface area (Å²) in [7, 11) is 0. The molecule has 0 radical (unpaired) electrons. The molecule has 1 aromatic carbocycles. The van der Waals surface area contributed by atoms with E-state index in [0.717, 1.165) is 4.90 Å². The first-order valence-electron chi connectivity index (χ1n) is 8.18. The third-order valence-corrected chi connectivity index (χ3v) is 4.25. The average molecular weight is 371 g/mol. The summed E-state index contributed by atoms with van der Waals surface area (Å²) >= 11 is 0. The number of imide groups is 1. The lowest BCUT2D eigenvalue weighted by Crippen LogP contribution is -2.48. The summed E-state index contributed by atoms with van der Waals surface area (Å²) in [6, 6.07) is 6.86. The molecule has 2 aromatic rings. The highest BCUT2D eigenvalue weighted by atomic mass is 16.4. The van der Waals surface area contributed by atoms with Crippen LogP contribution in [0.3, 0.4) is 0 Å². The van der Waals surface area contributed by atoms with Gasteiger partial charge in [-0.2, -0.15) is 0 Å². The Bertz CT molecular complexity index is 906. The predicted molar refractivity (Wildman–Crippen MR) is 92.8 cm³/mol. The number of nitrogens with zero attached hydrogens (tertiary/aromatic N) is 1. The highest BCUT2D eigenvalue weighted by Gasteiger charge is 2.43. The molecule has 1 aromatic heterocycles. The van der Waals surface area contributed by atoms with Gasteiger partial charge in [0, 0.05) is 12.1 Å². The summed E-state index contributed by atoms with van der Waals surface area (Å²) in [6.45, 7) is 0.295. The fraction of sp³-hybridized carbons (Fsp3) is 0.222. The molecule has 2 heterocycles. The summed E-state index contributed by atoms with van der Waals surface area (Å²) in [4.78, 5) is 48.9. The van der Waals surface area contributed by atoms with E-state index in [2.05, 4.69) is 5.32 Å². The molecule has 3 amide bonds. The van der Waals surface area contributed by atoms with Crippen molar-refractivity contribution in [2.75, 3.05) is 5.32 Å². The lowest BCUT2D eigenvalue weighted by molar-refractivity contribution is -0.137. The van der Waals surface area contributed by atoms with Gasteiger partial charge in [-0.1, -0.05) is 6.07 Å². The molecular weight excluding hydrogens is 354 g/mol. The Labute approximate surface area is 153 Å². The Morgan fingerprint density at radius 2 is 1.96 bits per heavy atom. The van der Waals surface area contributed by atoms with E-state index in [1.165, 1.54) is 12.3 Å². The number of benzene rings is 1. The van der Waals surface area contributed by atoms with Crippen molar-refractivity contribution in [2.24, 2.45) is 5.73 Å². The predicted octanol–water partition coefficient (Wildman–Crippen LogP) is 1.21. The van der Waals surface area contributed by atoms with Crippen molar-refractivity contribution in [1.29, 1.82) is 0 Å². The van der Waals surface area contributed by atoms with Gasteiger partial charge < -0.3 is 20.6 Å². The molecule has 9 heteroatoms. The van der Waals surface area contributed by atoms with Gasteiger partial charge in [-0.15, -0.1) is 0 Å². The van der Waals surface area contributed by atoms with Crippen molar-refractivity contribution in [2.45, 2.75) is 25.4 Å². The molecule has 0 fully saturated rings. The number of primary amides is 1. The molecule has 1 atom stereocenters. The van der Waals surface area contributed by atoms with Gasteiger partial charge >= 0.3 is 5.97 Å². The van der Waals surface area contributed by atoms with E-state index in [-0.39, 0.29) is 17.5 Å². The monoisotopic (exact) mass is 371 g/mol. The van der Waals surface area contributed by atoms with Crippen LogP contribution in [0.15, 0.2) is 41.0 Å². The van der Waals surface area contributed by atoms with Crippen molar-refractivity contribution in [3.05, 3.63) is 53.5 Å². The smallest absolute Gasteiger partial charge is 0.303 e. The van der Waals surface area contributed by atoms with E-state index in [9.17, 15) is 19.2 Å². The second kappa shape index (κ2) is 7.32. The fourth-order valence-corrected chi connectivity index (χ4v) is 2.99. The van der Waals surface area contributed by atoms with Gasteiger partial charge in [-0.3, -0.25) is 24.1 Å². The second-order valence-corrected chi connectivity index (χ2v) is 5.99. The summed E-state index contributed by atoms with van der Waals surface area (Å²) < 4.78 is 5.23. The van der Waals surface area contributed by atoms with Crippen LogP contribution in [0.4, 0.5) is 5.69 Å². The first-order chi connectivity index (χ1) is 12.9. The Morgan fingerprint density at radius 1 is 1.19 bits per heavy atom. The molecular formula is C18H17N3O6. The van der Waals surface area contributed by atoms with Crippen LogP contribution in [0.5, 0.6) is 0 Å². The zero-order valence-electron chi connectivity index (χ0n) is 14.2. The van der Waals surface area contributed by atoms with E-state index in [1.54, 1.807) is 24.3 Å². The molecule has 0 bridgehead atoms. The zero-order valence-corrected chi connectivity index (χ0v) is 14.2. The normalized spacial score (nSPS) is 14.1. The van der Waals surface area contributed by atoms with E-state index in [0.29, 0.717) is 18.0 Å². The number of carboxylic acid groups (broad SMARTS) is 1. The molecule has 140 valence electrons. The maximum atomic E-state index is 12.9. The molecule has 0 saturated heterocycles. The third-order valence-electron chi connectivity index (χ3n) is 4.25. The Hall–Kier alpha value is -3.62. The maximum Gasteiger partial charge on any atom is 0.303 e. The number of nitrogens with two attached hydrogens (primary N) is 1. The molecule has 9 nitrogen and oxygen atoms in total. The maximum absolute atomic E-state index is 12.9. The van der Waals surface area contributed by atoms with Crippen LogP contribution >= 0.6 is 0 Å². The fourth-order valence-electron chi connectivity index (χ4n) is 2.99.